The second-order valence-electron chi connectivity index (χ2n) is 5.98. The molecule has 122 valence electrons. The van der Waals surface area contributed by atoms with E-state index < -0.39 is 17.7 Å². The van der Waals surface area contributed by atoms with Crippen LogP contribution in [0.5, 0.6) is 0 Å². The standard InChI is InChI=1S/C18H19F2NO2/c19-14-5-6-17(20)16(7-14)18-8-15(23)10-21(18)9-12-1-3-13(11-22)4-2-12/h1-7,15,18,22-23H,8-11H2/t15-,18-/m1/s1. The summed E-state index contributed by atoms with van der Waals surface area (Å²) in [6.07, 6.45) is -0.172. The largest absolute Gasteiger partial charge is 0.392 e. The van der Waals surface area contributed by atoms with E-state index in [-0.39, 0.29) is 18.2 Å². The lowest BCUT2D eigenvalue weighted by Gasteiger charge is -2.25. The number of likely N-dealkylation sites (tertiary alicyclic amines) is 1. The van der Waals surface area contributed by atoms with Gasteiger partial charge in [-0.3, -0.25) is 4.90 Å². The summed E-state index contributed by atoms with van der Waals surface area (Å²) >= 11 is 0. The number of β-amino-alcohol motifs (C(OH)–C–C–N with tert-alkyl or cyclic N) is 1. The van der Waals surface area contributed by atoms with Crippen molar-refractivity contribution < 1.29 is 19.0 Å². The molecule has 1 aliphatic rings. The van der Waals surface area contributed by atoms with Gasteiger partial charge in [-0.25, -0.2) is 8.78 Å². The van der Waals surface area contributed by atoms with Crippen LogP contribution in [-0.4, -0.2) is 27.8 Å². The second kappa shape index (κ2) is 6.74. The number of aliphatic hydroxyl groups is 2. The van der Waals surface area contributed by atoms with Crippen LogP contribution >= 0.6 is 0 Å². The molecule has 0 radical (unpaired) electrons. The summed E-state index contributed by atoms with van der Waals surface area (Å²) in [7, 11) is 0. The van der Waals surface area contributed by atoms with E-state index in [1.54, 1.807) is 0 Å². The Morgan fingerprint density at radius 1 is 1.04 bits per heavy atom. The number of hydrogen-bond donors (Lipinski definition) is 2. The van der Waals surface area contributed by atoms with Crippen LogP contribution in [0.15, 0.2) is 42.5 Å². The summed E-state index contributed by atoms with van der Waals surface area (Å²) in [4.78, 5) is 1.95. The molecule has 2 atom stereocenters. The number of halogens is 2. The molecule has 0 aliphatic carbocycles. The SMILES string of the molecule is OCc1ccc(CN2C[C@H](O)C[C@@H]2c2cc(F)ccc2F)cc1. The van der Waals surface area contributed by atoms with Crippen molar-refractivity contribution in [2.45, 2.75) is 31.7 Å². The fourth-order valence-corrected chi connectivity index (χ4v) is 3.13. The van der Waals surface area contributed by atoms with Crippen LogP contribution in [0.1, 0.15) is 29.2 Å². The highest BCUT2D eigenvalue weighted by atomic mass is 19.1. The highest BCUT2D eigenvalue weighted by molar-refractivity contribution is 5.26. The first kappa shape index (κ1) is 16.1. The van der Waals surface area contributed by atoms with Crippen molar-refractivity contribution in [3.63, 3.8) is 0 Å². The minimum atomic E-state index is -0.556. The van der Waals surface area contributed by atoms with Gasteiger partial charge in [0.25, 0.3) is 0 Å². The molecular formula is C18H19F2NO2. The van der Waals surface area contributed by atoms with Crippen LogP contribution in [0.2, 0.25) is 0 Å². The zero-order valence-corrected chi connectivity index (χ0v) is 12.6. The molecule has 1 fully saturated rings. The van der Waals surface area contributed by atoms with Gasteiger partial charge in [-0.2, -0.15) is 0 Å². The van der Waals surface area contributed by atoms with E-state index in [0.717, 1.165) is 23.3 Å². The minimum absolute atomic E-state index is 0.0141. The molecule has 0 spiro atoms. The lowest BCUT2D eigenvalue weighted by molar-refractivity contribution is 0.172. The molecule has 3 nitrogen and oxygen atoms in total. The van der Waals surface area contributed by atoms with Gasteiger partial charge in [0.1, 0.15) is 11.6 Å². The predicted octanol–water partition coefficient (Wildman–Crippen LogP) is 2.77. The van der Waals surface area contributed by atoms with Crippen molar-refractivity contribution in [3.8, 4) is 0 Å². The number of benzene rings is 2. The molecule has 0 amide bonds. The van der Waals surface area contributed by atoms with Crippen molar-refractivity contribution in [1.29, 1.82) is 0 Å². The molecule has 0 unspecified atom stereocenters. The van der Waals surface area contributed by atoms with Crippen LogP contribution in [-0.2, 0) is 13.2 Å². The van der Waals surface area contributed by atoms with Gasteiger partial charge in [-0.15, -0.1) is 0 Å². The lowest BCUT2D eigenvalue weighted by Crippen LogP contribution is -2.25. The lowest BCUT2D eigenvalue weighted by atomic mass is 10.0. The Hall–Kier alpha value is -1.82. The quantitative estimate of drug-likeness (QED) is 0.911. The summed E-state index contributed by atoms with van der Waals surface area (Å²) in [5.74, 6) is -0.929. The van der Waals surface area contributed by atoms with Crippen LogP contribution in [0.25, 0.3) is 0 Å². The highest BCUT2D eigenvalue weighted by Crippen LogP contribution is 2.35. The summed E-state index contributed by atoms with van der Waals surface area (Å²) in [6, 6.07) is 10.5. The topological polar surface area (TPSA) is 43.7 Å². The predicted molar refractivity (Wildman–Crippen MR) is 82.5 cm³/mol. The number of rotatable bonds is 4. The molecule has 0 saturated carbocycles. The maximum Gasteiger partial charge on any atom is 0.128 e. The maximum atomic E-state index is 14.1. The van der Waals surface area contributed by atoms with Crippen LogP contribution < -0.4 is 0 Å². The molecule has 3 rings (SSSR count). The third-order valence-electron chi connectivity index (χ3n) is 4.29. The van der Waals surface area contributed by atoms with Gasteiger partial charge in [0.2, 0.25) is 0 Å². The van der Waals surface area contributed by atoms with Gasteiger partial charge in [0.05, 0.1) is 12.7 Å². The van der Waals surface area contributed by atoms with Crippen LogP contribution in [0, 0.1) is 11.6 Å². The summed E-state index contributed by atoms with van der Waals surface area (Å²) in [5.41, 5.74) is 2.11. The van der Waals surface area contributed by atoms with E-state index in [0.29, 0.717) is 19.5 Å². The molecule has 23 heavy (non-hydrogen) atoms. The Labute approximate surface area is 133 Å². The van der Waals surface area contributed by atoms with Crippen LogP contribution in [0.3, 0.4) is 0 Å². The highest BCUT2D eigenvalue weighted by Gasteiger charge is 2.33. The van der Waals surface area contributed by atoms with Crippen molar-refractivity contribution in [2.75, 3.05) is 6.54 Å². The third kappa shape index (κ3) is 3.58. The van der Waals surface area contributed by atoms with E-state index in [9.17, 15) is 13.9 Å². The first-order valence-corrected chi connectivity index (χ1v) is 7.62. The Bertz CT molecular complexity index is 675. The normalized spacial score (nSPS) is 21.7. The number of nitrogens with zero attached hydrogens (tertiary/aromatic N) is 1. The first-order valence-electron chi connectivity index (χ1n) is 7.62. The monoisotopic (exact) mass is 319 g/mol. The van der Waals surface area contributed by atoms with Gasteiger partial charge in [0, 0.05) is 24.7 Å². The van der Waals surface area contributed by atoms with E-state index in [2.05, 4.69) is 0 Å². The van der Waals surface area contributed by atoms with Crippen molar-refractivity contribution in [1.82, 2.24) is 4.90 Å². The Kier molecular flexibility index (Phi) is 4.71. The van der Waals surface area contributed by atoms with Crippen molar-refractivity contribution in [3.05, 3.63) is 70.8 Å². The van der Waals surface area contributed by atoms with E-state index >= 15 is 0 Å². The third-order valence-corrected chi connectivity index (χ3v) is 4.29. The van der Waals surface area contributed by atoms with E-state index in [1.807, 2.05) is 29.2 Å². The summed E-state index contributed by atoms with van der Waals surface area (Å²) in [6.45, 7) is 0.936. The molecular weight excluding hydrogens is 300 g/mol. The summed E-state index contributed by atoms with van der Waals surface area (Å²) < 4.78 is 27.5. The van der Waals surface area contributed by atoms with Crippen molar-refractivity contribution in [2.24, 2.45) is 0 Å². The zero-order chi connectivity index (χ0) is 16.4. The molecule has 2 aromatic carbocycles. The molecule has 0 aromatic heterocycles. The minimum Gasteiger partial charge on any atom is -0.392 e. The molecule has 1 aliphatic heterocycles. The fraction of sp³-hybridized carbons (Fsp3) is 0.333. The number of aliphatic hydroxyl groups excluding tert-OH is 2. The smallest absolute Gasteiger partial charge is 0.128 e. The maximum absolute atomic E-state index is 14.1. The Morgan fingerprint density at radius 3 is 2.43 bits per heavy atom. The summed E-state index contributed by atoms with van der Waals surface area (Å²) in [5, 5.41) is 19.0. The molecule has 0 bridgehead atoms. The van der Waals surface area contributed by atoms with Gasteiger partial charge in [-0.05, 0) is 35.7 Å². The van der Waals surface area contributed by atoms with E-state index in [1.165, 1.54) is 6.07 Å². The van der Waals surface area contributed by atoms with Crippen molar-refractivity contribution >= 4 is 0 Å². The Morgan fingerprint density at radius 2 is 1.74 bits per heavy atom. The zero-order valence-electron chi connectivity index (χ0n) is 12.6. The van der Waals surface area contributed by atoms with Gasteiger partial charge in [-0.1, -0.05) is 24.3 Å². The van der Waals surface area contributed by atoms with E-state index in [4.69, 9.17) is 5.11 Å². The average Bonchev–Trinajstić information content (AvgIpc) is 2.91. The van der Waals surface area contributed by atoms with Gasteiger partial charge in [0.15, 0.2) is 0 Å². The molecule has 5 heteroatoms. The average molecular weight is 319 g/mol. The molecule has 2 aromatic rings. The van der Waals surface area contributed by atoms with Crippen LogP contribution in [0.4, 0.5) is 8.78 Å². The Balaban J connectivity index is 1.83. The van der Waals surface area contributed by atoms with Gasteiger partial charge < -0.3 is 10.2 Å². The molecule has 1 heterocycles. The fourth-order valence-electron chi connectivity index (χ4n) is 3.13. The second-order valence-corrected chi connectivity index (χ2v) is 5.98. The number of hydrogen-bond acceptors (Lipinski definition) is 3. The first-order chi connectivity index (χ1) is 11.1. The van der Waals surface area contributed by atoms with Gasteiger partial charge >= 0.3 is 0 Å². The molecule has 2 N–H and O–H groups in total. The molecule has 1 saturated heterocycles.